The number of carboxylic acid groups (broad SMARTS) is 1. The SMILES string of the molecule is CN(CCC(=O)O)Cc1coc2cc(Oc3nc4ncccc4s3)ccc12. The molecule has 0 radical (unpaired) electrons. The van der Waals surface area contributed by atoms with Crippen LogP contribution < -0.4 is 4.74 Å². The zero-order valence-electron chi connectivity index (χ0n) is 14.6. The maximum Gasteiger partial charge on any atom is 0.304 e. The third-order valence-corrected chi connectivity index (χ3v) is 5.01. The fourth-order valence-corrected chi connectivity index (χ4v) is 3.59. The number of furan rings is 1. The normalized spacial score (nSPS) is 11.5. The fourth-order valence-electron chi connectivity index (χ4n) is 2.80. The monoisotopic (exact) mass is 383 g/mol. The molecule has 0 aliphatic heterocycles. The van der Waals surface area contributed by atoms with Crippen LogP contribution in [0.2, 0.25) is 0 Å². The topological polar surface area (TPSA) is 88.7 Å². The maximum atomic E-state index is 10.7. The smallest absolute Gasteiger partial charge is 0.304 e. The fraction of sp³-hybridized carbons (Fsp3) is 0.211. The van der Waals surface area contributed by atoms with Gasteiger partial charge in [0.1, 0.15) is 11.3 Å². The Morgan fingerprint density at radius 3 is 3.07 bits per heavy atom. The summed E-state index contributed by atoms with van der Waals surface area (Å²) in [4.78, 5) is 21.2. The molecule has 0 amide bonds. The van der Waals surface area contributed by atoms with E-state index in [1.807, 2.05) is 42.3 Å². The van der Waals surface area contributed by atoms with Crippen molar-refractivity contribution in [1.82, 2.24) is 14.9 Å². The molecule has 0 spiro atoms. The number of ether oxygens (including phenoxy) is 1. The number of carboxylic acids is 1. The lowest BCUT2D eigenvalue weighted by Crippen LogP contribution is -2.21. The average molecular weight is 383 g/mol. The first-order chi connectivity index (χ1) is 13.1. The molecule has 4 aromatic rings. The molecule has 3 aromatic heterocycles. The summed E-state index contributed by atoms with van der Waals surface area (Å²) in [5, 5.41) is 10.3. The maximum absolute atomic E-state index is 10.7. The van der Waals surface area contributed by atoms with Crippen LogP contribution >= 0.6 is 11.3 Å². The van der Waals surface area contributed by atoms with Crippen LogP contribution in [-0.2, 0) is 11.3 Å². The number of rotatable bonds is 7. The Hall–Kier alpha value is -2.97. The first kappa shape index (κ1) is 17.4. The molecule has 8 heteroatoms. The first-order valence-corrected chi connectivity index (χ1v) is 9.20. The number of pyridine rings is 1. The summed E-state index contributed by atoms with van der Waals surface area (Å²) in [5.41, 5.74) is 2.39. The molecule has 0 aliphatic rings. The van der Waals surface area contributed by atoms with Crippen molar-refractivity contribution in [2.75, 3.05) is 13.6 Å². The average Bonchev–Trinajstić information content (AvgIpc) is 3.23. The van der Waals surface area contributed by atoms with Crippen LogP contribution in [0.1, 0.15) is 12.0 Å². The van der Waals surface area contributed by atoms with Crippen molar-refractivity contribution in [2.24, 2.45) is 0 Å². The highest BCUT2D eigenvalue weighted by atomic mass is 32.1. The van der Waals surface area contributed by atoms with Gasteiger partial charge in [0.15, 0.2) is 5.65 Å². The highest BCUT2D eigenvalue weighted by Gasteiger charge is 2.12. The van der Waals surface area contributed by atoms with E-state index in [4.69, 9.17) is 14.3 Å². The Morgan fingerprint density at radius 1 is 1.37 bits per heavy atom. The zero-order valence-corrected chi connectivity index (χ0v) is 15.4. The highest BCUT2D eigenvalue weighted by Crippen LogP contribution is 2.32. The van der Waals surface area contributed by atoms with Crippen LogP contribution in [0.25, 0.3) is 21.3 Å². The van der Waals surface area contributed by atoms with E-state index in [2.05, 4.69) is 9.97 Å². The van der Waals surface area contributed by atoms with Gasteiger partial charge in [0.05, 0.1) is 17.4 Å². The van der Waals surface area contributed by atoms with Gasteiger partial charge in [0.2, 0.25) is 0 Å². The quantitative estimate of drug-likeness (QED) is 0.513. The molecule has 0 unspecified atom stereocenters. The third kappa shape index (κ3) is 3.91. The second-order valence-corrected chi connectivity index (χ2v) is 7.20. The predicted octanol–water partition coefficient (Wildman–Crippen LogP) is 4.14. The van der Waals surface area contributed by atoms with Crippen LogP contribution in [0, 0.1) is 0 Å². The number of hydrogen-bond acceptors (Lipinski definition) is 7. The largest absolute Gasteiger partial charge is 0.481 e. The van der Waals surface area contributed by atoms with Crippen LogP contribution in [0.3, 0.4) is 0 Å². The van der Waals surface area contributed by atoms with E-state index in [9.17, 15) is 4.79 Å². The van der Waals surface area contributed by atoms with Gasteiger partial charge in [0.25, 0.3) is 5.19 Å². The van der Waals surface area contributed by atoms with Crippen molar-refractivity contribution in [3.8, 4) is 10.9 Å². The minimum Gasteiger partial charge on any atom is -0.481 e. The van der Waals surface area contributed by atoms with Crippen molar-refractivity contribution in [3.63, 3.8) is 0 Å². The van der Waals surface area contributed by atoms with E-state index in [-0.39, 0.29) is 6.42 Å². The van der Waals surface area contributed by atoms with Gasteiger partial charge >= 0.3 is 5.97 Å². The summed E-state index contributed by atoms with van der Waals surface area (Å²) in [5.74, 6) is -0.160. The number of aliphatic carboxylic acids is 1. The molecule has 0 fully saturated rings. The first-order valence-electron chi connectivity index (χ1n) is 8.38. The number of thiazole rings is 1. The standard InChI is InChI=1S/C19H17N3O4S/c1-22(8-6-17(23)24)10-12-11-25-15-9-13(4-5-14(12)15)26-19-21-18-16(27-19)3-2-7-20-18/h2-5,7,9,11H,6,8,10H2,1H3,(H,23,24). The van der Waals surface area contributed by atoms with Crippen molar-refractivity contribution in [3.05, 3.63) is 48.4 Å². The molecule has 4 rings (SSSR count). The molecule has 1 aromatic carbocycles. The Morgan fingerprint density at radius 2 is 2.26 bits per heavy atom. The van der Waals surface area contributed by atoms with E-state index in [1.165, 1.54) is 11.3 Å². The van der Waals surface area contributed by atoms with E-state index in [0.29, 0.717) is 35.3 Å². The van der Waals surface area contributed by atoms with Gasteiger partial charge in [-0.2, -0.15) is 4.98 Å². The molecule has 0 aliphatic carbocycles. The molecule has 27 heavy (non-hydrogen) atoms. The molecule has 0 saturated carbocycles. The number of hydrogen-bond donors (Lipinski definition) is 1. The molecule has 138 valence electrons. The van der Waals surface area contributed by atoms with Crippen LogP contribution in [-0.4, -0.2) is 39.5 Å². The number of nitrogens with zero attached hydrogens (tertiary/aromatic N) is 3. The number of carbonyl (C=O) groups is 1. The van der Waals surface area contributed by atoms with E-state index >= 15 is 0 Å². The Balaban J connectivity index is 1.50. The Bertz CT molecular complexity index is 1070. The molecule has 0 saturated heterocycles. The minimum atomic E-state index is -0.800. The summed E-state index contributed by atoms with van der Waals surface area (Å²) >= 11 is 1.44. The summed E-state index contributed by atoms with van der Waals surface area (Å²) in [6.45, 7) is 1.10. The van der Waals surface area contributed by atoms with Crippen molar-refractivity contribution in [1.29, 1.82) is 0 Å². The van der Waals surface area contributed by atoms with Crippen molar-refractivity contribution in [2.45, 2.75) is 13.0 Å². The molecule has 3 heterocycles. The van der Waals surface area contributed by atoms with Gasteiger partial charge in [-0.05, 0) is 31.3 Å². The summed E-state index contributed by atoms with van der Waals surface area (Å²) in [6, 6.07) is 9.47. The van der Waals surface area contributed by atoms with Crippen molar-refractivity contribution >= 4 is 38.6 Å². The van der Waals surface area contributed by atoms with Crippen LogP contribution in [0.4, 0.5) is 0 Å². The molecular weight excluding hydrogens is 366 g/mol. The molecule has 0 bridgehead atoms. The third-order valence-electron chi connectivity index (χ3n) is 4.13. The van der Waals surface area contributed by atoms with Crippen LogP contribution in [0.5, 0.6) is 10.9 Å². The zero-order chi connectivity index (χ0) is 18.8. The lowest BCUT2D eigenvalue weighted by Gasteiger charge is -2.14. The van der Waals surface area contributed by atoms with Crippen molar-refractivity contribution < 1.29 is 19.1 Å². The minimum absolute atomic E-state index is 0.112. The number of fused-ring (bicyclic) bond motifs is 2. The molecular formula is C19H17N3O4S. The molecule has 7 nitrogen and oxygen atoms in total. The lowest BCUT2D eigenvalue weighted by atomic mass is 10.1. The summed E-state index contributed by atoms with van der Waals surface area (Å²) in [7, 11) is 1.89. The van der Waals surface area contributed by atoms with E-state index in [0.717, 1.165) is 15.6 Å². The second kappa shape index (κ2) is 7.34. The van der Waals surface area contributed by atoms with Gasteiger partial charge in [-0.3, -0.25) is 4.79 Å². The van der Waals surface area contributed by atoms with Gasteiger partial charge < -0.3 is 19.2 Å². The van der Waals surface area contributed by atoms with Crippen LogP contribution in [0.15, 0.2) is 47.2 Å². The van der Waals surface area contributed by atoms with E-state index in [1.54, 1.807) is 12.5 Å². The second-order valence-electron chi connectivity index (χ2n) is 6.21. The van der Waals surface area contributed by atoms with Gasteiger partial charge in [-0.1, -0.05) is 11.3 Å². The van der Waals surface area contributed by atoms with Gasteiger partial charge in [0, 0.05) is 36.3 Å². The number of benzene rings is 1. The number of aromatic nitrogens is 2. The lowest BCUT2D eigenvalue weighted by molar-refractivity contribution is -0.137. The van der Waals surface area contributed by atoms with Gasteiger partial charge in [-0.25, -0.2) is 4.98 Å². The highest BCUT2D eigenvalue weighted by molar-refractivity contribution is 7.20. The molecule has 1 N–H and O–H groups in total. The summed E-state index contributed by atoms with van der Waals surface area (Å²) in [6.07, 6.45) is 3.52. The Kier molecular flexibility index (Phi) is 4.74. The Labute approximate surface area is 158 Å². The van der Waals surface area contributed by atoms with E-state index < -0.39 is 5.97 Å². The van der Waals surface area contributed by atoms with Gasteiger partial charge in [-0.15, -0.1) is 0 Å². The summed E-state index contributed by atoms with van der Waals surface area (Å²) < 4.78 is 12.5. The predicted molar refractivity (Wildman–Crippen MR) is 102 cm³/mol. The molecule has 0 atom stereocenters.